The molecule has 1 atom stereocenters. The van der Waals surface area contributed by atoms with Crippen LogP contribution in [0.25, 0.3) is 0 Å². The van der Waals surface area contributed by atoms with Crippen molar-refractivity contribution in [3.8, 4) is 11.5 Å². The molecule has 0 aliphatic carbocycles. The molecular formula is C24H31N3O6S. The molecule has 3 rings (SSSR count). The topological polar surface area (TPSA) is 114 Å². The Morgan fingerprint density at radius 2 is 1.76 bits per heavy atom. The predicted octanol–water partition coefficient (Wildman–Crippen LogP) is 3.08. The van der Waals surface area contributed by atoms with Crippen LogP contribution in [0.1, 0.15) is 44.7 Å². The molecule has 1 heterocycles. The Balaban J connectivity index is 1.81. The number of anilines is 1. The number of methoxy groups -OCH3 is 1. The van der Waals surface area contributed by atoms with Crippen molar-refractivity contribution in [3.63, 3.8) is 0 Å². The van der Waals surface area contributed by atoms with Gasteiger partial charge in [0.15, 0.2) is 0 Å². The number of nitrogens with one attached hydrogen (secondary N) is 2. The maximum Gasteiger partial charge on any atom is 0.246 e. The summed E-state index contributed by atoms with van der Waals surface area (Å²) in [6.07, 6.45) is 1.60. The van der Waals surface area contributed by atoms with Crippen LogP contribution in [-0.2, 0) is 19.6 Å². The first-order chi connectivity index (χ1) is 16.2. The summed E-state index contributed by atoms with van der Waals surface area (Å²) in [5.41, 5.74) is 1.08. The second kappa shape index (κ2) is 11.3. The van der Waals surface area contributed by atoms with Gasteiger partial charge in [-0.05, 0) is 55.7 Å². The van der Waals surface area contributed by atoms with Gasteiger partial charge in [0.05, 0.1) is 26.2 Å². The Kier molecular flexibility index (Phi) is 8.51. The highest BCUT2D eigenvalue weighted by Crippen LogP contribution is 2.32. The predicted molar refractivity (Wildman–Crippen MR) is 128 cm³/mol. The molecule has 0 bridgehead atoms. The van der Waals surface area contributed by atoms with Gasteiger partial charge >= 0.3 is 0 Å². The van der Waals surface area contributed by atoms with Crippen molar-refractivity contribution in [2.75, 3.05) is 32.1 Å². The average molecular weight is 490 g/mol. The number of carbonyl (C=O) groups excluding carboxylic acids is 2. The lowest BCUT2D eigenvalue weighted by atomic mass is 10.0. The summed E-state index contributed by atoms with van der Waals surface area (Å²) in [7, 11) is -2.19. The van der Waals surface area contributed by atoms with Crippen molar-refractivity contribution in [1.82, 2.24) is 9.62 Å². The summed E-state index contributed by atoms with van der Waals surface area (Å²) in [5.74, 6) is 0.273. The van der Waals surface area contributed by atoms with E-state index in [9.17, 15) is 18.0 Å². The van der Waals surface area contributed by atoms with E-state index < -0.39 is 16.1 Å². The minimum Gasteiger partial charge on any atom is -0.497 e. The molecule has 2 N–H and O–H groups in total. The molecule has 0 saturated carbocycles. The highest BCUT2D eigenvalue weighted by molar-refractivity contribution is 7.89. The number of carbonyl (C=O) groups is 2. The number of rotatable bonds is 10. The number of nitrogens with zero attached hydrogens (tertiary/aromatic N) is 1. The van der Waals surface area contributed by atoms with Gasteiger partial charge in [0, 0.05) is 25.7 Å². The van der Waals surface area contributed by atoms with Crippen LogP contribution in [0, 0.1) is 0 Å². The molecule has 9 nitrogen and oxygen atoms in total. The van der Waals surface area contributed by atoms with Gasteiger partial charge in [-0.25, -0.2) is 8.42 Å². The Morgan fingerprint density at radius 1 is 1.09 bits per heavy atom. The third-order valence-corrected chi connectivity index (χ3v) is 7.42. The molecule has 184 valence electrons. The fourth-order valence-electron chi connectivity index (χ4n) is 3.86. The van der Waals surface area contributed by atoms with E-state index in [4.69, 9.17) is 9.47 Å². The van der Waals surface area contributed by atoms with Crippen molar-refractivity contribution in [2.24, 2.45) is 0 Å². The minimum atomic E-state index is -3.75. The standard InChI is InChI=1S/C24H31N3O6S/c1-4-33-22-12-9-19(15-23(22)34(30,31)27-13-5-6-14-27)26-24(29)16-21(25-17(2)28)18-7-10-20(32-3)11-8-18/h7-12,15,21H,4-6,13-14,16H2,1-3H3,(H,25,28)(H,26,29). The van der Waals surface area contributed by atoms with E-state index in [1.54, 1.807) is 50.4 Å². The van der Waals surface area contributed by atoms with Crippen LogP contribution in [0.4, 0.5) is 5.69 Å². The third-order valence-electron chi connectivity index (χ3n) is 5.50. The van der Waals surface area contributed by atoms with E-state index in [2.05, 4.69) is 10.6 Å². The summed E-state index contributed by atoms with van der Waals surface area (Å²) in [6.45, 7) is 4.41. The van der Waals surface area contributed by atoms with Crippen molar-refractivity contribution >= 4 is 27.5 Å². The fourth-order valence-corrected chi connectivity index (χ4v) is 5.54. The Bertz CT molecular complexity index is 1110. The van der Waals surface area contributed by atoms with Crippen LogP contribution in [-0.4, -0.2) is 51.3 Å². The first-order valence-electron chi connectivity index (χ1n) is 11.2. The SMILES string of the molecule is CCOc1ccc(NC(=O)CC(NC(C)=O)c2ccc(OC)cc2)cc1S(=O)(=O)N1CCCC1. The normalized spacial score (nSPS) is 14.9. The number of amides is 2. The van der Waals surface area contributed by atoms with Gasteiger partial charge in [-0.1, -0.05) is 12.1 Å². The summed E-state index contributed by atoms with van der Waals surface area (Å²) < 4.78 is 38.5. The van der Waals surface area contributed by atoms with Crippen LogP contribution >= 0.6 is 0 Å². The van der Waals surface area contributed by atoms with E-state index in [1.165, 1.54) is 17.3 Å². The smallest absolute Gasteiger partial charge is 0.246 e. The van der Waals surface area contributed by atoms with E-state index in [0.717, 1.165) is 18.4 Å². The number of hydrogen-bond acceptors (Lipinski definition) is 6. The maximum absolute atomic E-state index is 13.2. The zero-order valence-corrected chi connectivity index (χ0v) is 20.5. The second-order valence-electron chi connectivity index (χ2n) is 7.98. The van der Waals surface area contributed by atoms with E-state index in [1.807, 2.05) is 0 Å². The Labute approximate surface area is 200 Å². The van der Waals surface area contributed by atoms with Crippen LogP contribution in [0.15, 0.2) is 47.4 Å². The molecule has 2 aromatic carbocycles. The summed E-state index contributed by atoms with van der Waals surface area (Å²) in [6, 6.07) is 11.1. The highest BCUT2D eigenvalue weighted by Gasteiger charge is 2.30. The largest absolute Gasteiger partial charge is 0.497 e. The average Bonchev–Trinajstić information content (AvgIpc) is 3.35. The van der Waals surface area contributed by atoms with E-state index in [-0.39, 0.29) is 28.9 Å². The van der Waals surface area contributed by atoms with Crippen LogP contribution < -0.4 is 20.1 Å². The monoisotopic (exact) mass is 489 g/mol. The second-order valence-corrected chi connectivity index (χ2v) is 9.89. The first kappa shape index (κ1) is 25.5. The Morgan fingerprint density at radius 3 is 2.35 bits per heavy atom. The molecule has 1 fully saturated rings. The van der Waals surface area contributed by atoms with Crippen molar-refractivity contribution in [1.29, 1.82) is 0 Å². The quantitative estimate of drug-likeness (QED) is 0.530. The molecule has 1 aliphatic heterocycles. The van der Waals surface area contributed by atoms with Crippen molar-refractivity contribution in [3.05, 3.63) is 48.0 Å². The van der Waals surface area contributed by atoms with E-state index in [0.29, 0.717) is 31.1 Å². The van der Waals surface area contributed by atoms with Gasteiger partial charge in [-0.15, -0.1) is 0 Å². The molecule has 1 aliphatic rings. The van der Waals surface area contributed by atoms with Gasteiger partial charge in [-0.3, -0.25) is 9.59 Å². The zero-order chi connectivity index (χ0) is 24.7. The van der Waals surface area contributed by atoms with Gasteiger partial charge in [0.2, 0.25) is 21.8 Å². The molecule has 34 heavy (non-hydrogen) atoms. The molecule has 1 saturated heterocycles. The first-order valence-corrected chi connectivity index (χ1v) is 12.7. The van der Waals surface area contributed by atoms with Crippen LogP contribution in [0.5, 0.6) is 11.5 Å². The number of hydrogen-bond donors (Lipinski definition) is 2. The van der Waals surface area contributed by atoms with E-state index >= 15 is 0 Å². The van der Waals surface area contributed by atoms with Gasteiger partial charge in [-0.2, -0.15) is 4.31 Å². The molecule has 2 amide bonds. The molecule has 2 aromatic rings. The summed E-state index contributed by atoms with van der Waals surface area (Å²) >= 11 is 0. The molecule has 0 radical (unpaired) electrons. The molecule has 0 spiro atoms. The number of benzene rings is 2. The summed E-state index contributed by atoms with van der Waals surface area (Å²) in [4.78, 5) is 24.6. The van der Waals surface area contributed by atoms with Gasteiger partial charge < -0.3 is 20.1 Å². The molecule has 0 aromatic heterocycles. The lowest BCUT2D eigenvalue weighted by Crippen LogP contribution is -2.30. The lowest BCUT2D eigenvalue weighted by molar-refractivity contribution is -0.120. The maximum atomic E-state index is 13.2. The third kappa shape index (κ3) is 6.27. The minimum absolute atomic E-state index is 0.0302. The Hall–Kier alpha value is -3.11. The summed E-state index contributed by atoms with van der Waals surface area (Å²) in [5, 5.41) is 5.54. The van der Waals surface area contributed by atoms with Crippen molar-refractivity contribution < 1.29 is 27.5 Å². The van der Waals surface area contributed by atoms with Crippen LogP contribution in [0.3, 0.4) is 0 Å². The molecule has 10 heteroatoms. The zero-order valence-electron chi connectivity index (χ0n) is 19.7. The molecular weight excluding hydrogens is 458 g/mol. The lowest BCUT2D eigenvalue weighted by Gasteiger charge is -2.20. The fraction of sp³-hybridized carbons (Fsp3) is 0.417. The highest BCUT2D eigenvalue weighted by atomic mass is 32.2. The van der Waals surface area contributed by atoms with Crippen LogP contribution in [0.2, 0.25) is 0 Å². The number of sulfonamides is 1. The molecule has 1 unspecified atom stereocenters. The van der Waals surface area contributed by atoms with Gasteiger partial charge in [0.25, 0.3) is 0 Å². The number of ether oxygens (including phenoxy) is 2. The van der Waals surface area contributed by atoms with Crippen molar-refractivity contribution in [2.45, 2.75) is 44.0 Å². The van der Waals surface area contributed by atoms with Gasteiger partial charge in [0.1, 0.15) is 16.4 Å².